The lowest BCUT2D eigenvalue weighted by atomic mass is 10.0. The van der Waals surface area contributed by atoms with Crippen molar-refractivity contribution in [3.63, 3.8) is 0 Å². The summed E-state index contributed by atoms with van der Waals surface area (Å²) in [7, 11) is 0. The van der Waals surface area contributed by atoms with Gasteiger partial charge in [0.05, 0.1) is 23.0 Å². The highest BCUT2D eigenvalue weighted by atomic mass is 19.4. The molecule has 0 saturated heterocycles. The third-order valence-corrected chi connectivity index (χ3v) is 5.73. The van der Waals surface area contributed by atoms with E-state index in [1.54, 1.807) is 17.3 Å². The SMILES string of the molecule is O=C(Nc1cccc(C(F)(F)F)c1)N1CCc2c(ccnc2Nc2cnc3ccccc3c2)C1. The monoisotopic (exact) mass is 463 g/mol. The van der Waals surface area contributed by atoms with E-state index in [9.17, 15) is 18.0 Å². The molecule has 0 fully saturated rings. The minimum Gasteiger partial charge on any atom is -0.339 e. The maximum atomic E-state index is 13.0. The van der Waals surface area contributed by atoms with Crippen LogP contribution in [-0.4, -0.2) is 27.4 Å². The third kappa shape index (κ3) is 4.50. The molecule has 0 unspecified atom stereocenters. The highest BCUT2D eigenvalue weighted by Gasteiger charge is 2.31. The lowest BCUT2D eigenvalue weighted by molar-refractivity contribution is -0.137. The van der Waals surface area contributed by atoms with E-state index >= 15 is 0 Å². The Balaban J connectivity index is 1.31. The Morgan fingerprint density at radius 1 is 0.971 bits per heavy atom. The summed E-state index contributed by atoms with van der Waals surface area (Å²) in [5, 5.41) is 6.91. The minimum atomic E-state index is -4.47. The number of nitrogens with zero attached hydrogens (tertiary/aromatic N) is 3. The number of fused-ring (bicyclic) bond motifs is 2. The largest absolute Gasteiger partial charge is 0.416 e. The Morgan fingerprint density at radius 3 is 2.68 bits per heavy atom. The van der Waals surface area contributed by atoms with Crippen LogP contribution in [0.4, 0.5) is 35.2 Å². The molecule has 3 heterocycles. The first kappa shape index (κ1) is 21.7. The second-order valence-corrected chi connectivity index (χ2v) is 8.02. The fraction of sp³-hybridized carbons (Fsp3) is 0.160. The van der Waals surface area contributed by atoms with Crippen molar-refractivity contribution in [2.75, 3.05) is 17.2 Å². The van der Waals surface area contributed by atoms with Gasteiger partial charge in [-0.25, -0.2) is 9.78 Å². The summed E-state index contributed by atoms with van der Waals surface area (Å²) in [5.74, 6) is 0.701. The van der Waals surface area contributed by atoms with Crippen LogP contribution < -0.4 is 10.6 Å². The molecule has 1 aliphatic heterocycles. The number of benzene rings is 2. The smallest absolute Gasteiger partial charge is 0.339 e. The molecule has 0 spiro atoms. The molecule has 1 aliphatic rings. The number of anilines is 3. The lowest BCUT2D eigenvalue weighted by Crippen LogP contribution is -2.39. The van der Waals surface area contributed by atoms with Crippen LogP contribution in [0.1, 0.15) is 16.7 Å². The summed E-state index contributed by atoms with van der Waals surface area (Å²) in [6.45, 7) is 0.738. The average Bonchev–Trinajstić information content (AvgIpc) is 2.83. The van der Waals surface area contributed by atoms with Gasteiger partial charge in [0.15, 0.2) is 0 Å². The van der Waals surface area contributed by atoms with Gasteiger partial charge in [-0.1, -0.05) is 24.3 Å². The standard InChI is InChI=1S/C25H20F3N5O/c26-25(27,28)18-5-3-6-19(13-18)32-24(34)33-11-9-21-17(15-33)8-10-29-23(21)31-20-12-16-4-1-2-7-22(16)30-14-20/h1-8,10,12-14H,9,11,15H2,(H,29,31)(H,32,34). The number of rotatable bonds is 3. The molecule has 0 bridgehead atoms. The number of amides is 2. The van der Waals surface area contributed by atoms with Crippen LogP contribution >= 0.6 is 0 Å². The molecule has 9 heteroatoms. The summed E-state index contributed by atoms with van der Waals surface area (Å²) in [6, 6.07) is 15.8. The van der Waals surface area contributed by atoms with Gasteiger partial charge in [-0.2, -0.15) is 13.2 Å². The number of hydrogen-bond donors (Lipinski definition) is 2. The number of carbonyl (C=O) groups excluding carboxylic acids is 1. The second-order valence-electron chi connectivity index (χ2n) is 8.02. The van der Waals surface area contributed by atoms with Crippen molar-refractivity contribution < 1.29 is 18.0 Å². The summed E-state index contributed by atoms with van der Waals surface area (Å²) >= 11 is 0. The number of urea groups is 1. The highest BCUT2D eigenvalue weighted by molar-refractivity contribution is 5.89. The molecule has 5 rings (SSSR count). The maximum absolute atomic E-state index is 13.0. The molecule has 0 radical (unpaired) electrons. The van der Waals surface area contributed by atoms with Crippen molar-refractivity contribution in [3.8, 4) is 0 Å². The molecular formula is C25H20F3N5O. The molecule has 34 heavy (non-hydrogen) atoms. The fourth-order valence-electron chi connectivity index (χ4n) is 4.02. The van der Waals surface area contributed by atoms with Crippen molar-refractivity contribution >= 4 is 34.1 Å². The van der Waals surface area contributed by atoms with Gasteiger partial charge >= 0.3 is 12.2 Å². The van der Waals surface area contributed by atoms with E-state index in [0.717, 1.165) is 39.8 Å². The predicted molar refractivity (Wildman–Crippen MR) is 124 cm³/mol. The number of aromatic nitrogens is 2. The molecule has 2 aromatic carbocycles. The molecular weight excluding hydrogens is 443 g/mol. The predicted octanol–water partition coefficient (Wildman–Crippen LogP) is 5.98. The first-order chi connectivity index (χ1) is 16.4. The number of hydrogen-bond acceptors (Lipinski definition) is 4. The van der Waals surface area contributed by atoms with Crippen molar-refractivity contribution in [1.82, 2.24) is 14.9 Å². The van der Waals surface area contributed by atoms with Crippen LogP contribution in [0.2, 0.25) is 0 Å². The number of nitrogens with one attached hydrogen (secondary N) is 2. The molecule has 0 aliphatic carbocycles. The average molecular weight is 463 g/mol. The van der Waals surface area contributed by atoms with E-state index < -0.39 is 17.8 Å². The van der Waals surface area contributed by atoms with Gasteiger partial charge in [0.25, 0.3) is 0 Å². The zero-order valence-electron chi connectivity index (χ0n) is 17.9. The maximum Gasteiger partial charge on any atom is 0.416 e. The van der Waals surface area contributed by atoms with E-state index in [1.165, 1.54) is 12.1 Å². The van der Waals surface area contributed by atoms with Crippen LogP contribution in [0.5, 0.6) is 0 Å². The number of para-hydroxylation sites is 1. The van der Waals surface area contributed by atoms with Gasteiger partial charge < -0.3 is 15.5 Å². The summed E-state index contributed by atoms with van der Waals surface area (Å²) < 4.78 is 38.9. The van der Waals surface area contributed by atoms with Crippen LogP contribution in [-0.2, 0) is 19.1 Å². The van der Waals surface area contributed by atoms with Crippen molar-refractivity contribution in [2.45, 2.75) is 19.1 Å². The van der Waals surface area contributed by atoms with Gasteiger partial charge in [-0.05, 0) is 48.4 Å². The van der Waals surface area contributed by atoms with E-state index in [2.05, 4.69) is 20.6 Å². The zero-order chi connectivity index (χ0) is 23.7. The van der Waals surface area contributed by atoms with Gasteiger partial charge in [0.1, 0.15) is 5.82 Å². The number of pyridine rings is 2. The molecule has 0 atom stereocenters. The van der Waals surface area contributed by atoms with Crippen molar-refractivity contribution in [2.24, 2.45) is 0 Å². The Labute approximate surface area is 193 Å². The number of halogens is 3. The number of alkyl halides is 3. The normalized spacial score (nSPS) is 13.4. The quantitative estimate of drug-likeness (QED) is 0.392. The van der Waals surface area contributed by atoms with Gasteiger partial charge in [0.2, 0.25) is 0 Å². The van der Waals surface area contributed by atoms with E-state index in [4.69, 9.17) is 0 Å². The first-order valence-electron chi connectivity index (χ1n) is 10.7. The molecule has 2 N–H and O–H groups in total. The second kappa shape index (κ2) is 8.66. The molecule has 2 amide bonds. The van der Waals surface area contributed by atoms with Gasteiger partial charge in [0, 0.05) is 35.9 Å². The molecule has 6 nitrogen and oxygen atoms in total. The van der Waals surface area contributed by atoms with Gasteiger partial charge in [-0.3, -0.25) is 4.98 Å². The van der Waals surface area contributed by atoms with Crippen molar-refractivity contribution in [1.29, 1.82) is 0 Å². The fourth-order valence-corrected chi connectivity index (χ4v) is 4.02. The van der Waals surface area contributed by atoms with Crippen LogP contribution in [0.25, 0.3) is 10.9 Å². The van der Waals surface area contributed by atoms with E-state index in [0.29, 0.717) is 25.3 Å². The highest BCUT2D eigenvalue weighted by Crippen LogP contribution is 2.31. The molecule has 0 saturated carbocycles. The molecule has 172 valence electrons. The summed E-state index contributed by atoms with van der Waals surface area (Å²) in [6.07, 6.45) is -0.491. The van der Waals surface area contributed by atoms with E-state index in [-0.39, 0.29) is 5.69 Å². The van der Waals surface area contributed by atoms with Gasteiger partial charge in [-0.15, -0.1) is 0 Å². The van der Waals surface area contributed by atoms with Crippen LogP contribution in [0.3, 0.4) is 0 Å². The minimum absolute atomic E-state index is 0.103. The zero-order valence-corrected chi connectivity index (χ0v) is 17.9. The van der Waals surface area contributed by atoms with E-state index in [1.807, 2.05) is 36.4 Å². The Kier molecular flexibility index (Phi) is 5.53. The molecule has 4 aromatic rings. The number of carbonyl (C=O) groups is 1. The lowest BCUT2D eigenvalue weighted by Gasteiger charge is -2.30. The van der Waals surface area contributed by atoms with Crippen molar-refractivity contribution in [3.05, 3.63) is 89.7 Å². The summed E-state index contributed by atoms with van der Waals surface area (Å²) in [4.78, 5) is 23.2. The van der Waals surface area contributed by atoms with Crippen LogP contribution in [0, 0.1) is 0 Å². The Morgan fingerprint density at radius 2 is 1.82 bits per heavy atom. The Hall–Kier alpha value is -4.14. The van der Waals surface area contributed by atoms with Crippen LogP contribution in [0.15, 0.2) is 73.1 Å². The topological polar surface area (TPSA) is 70.2 Å². The first-order valence-corrected chi connectivity index (χ1v) is 10.7. The Bertz CT molecular complexity index is 1370. The molecule has 2 aromatic heterocycles. The summed E-state index contributed by atoms with van der Waals surface area (Å²) in [5.41, 5.74) is 2.93. The third-order valence-electron chi connectivity index (χ3n) is 5.73.